The van der Waals surface area contributed by atoms with Gasteiger partial charge in [0.05, 0.1) is 18.0 Å². The summed E-state index contributed by atoms with van der Waals surface area (Å²) in [4.78, 5) is 14.5. The zero-order valence-electron chi connectivity index (χ0n) is 21.5. The lowest BCUT2D eigenvalue weighted by molar-refractivity contribution is -0.149. The Hall–Kier alpha value is -4.19. The highest BCUT2D eigenvalue weighted by Crippen LogP contribution is 2.35. The van der Waals surface area contributed by atoms with Crippen LogP contribution >= 0.6 is 0 Å². The molecule has 1 fully saturated rings. The molecule has 5 aromatic rings. The molecular weight excluding hydrogens is 509 g/mol. The van der Waals surface area contributed by atoms with Gasteiger partial charge in [0.1, 0.15) is 23.4 Å². The minimum absolute atomic E-state index is 0.228. The molecule has 1 aliphatic rings. The summed E-state index contributed by atoms with van der Waals surface area (Å²) in [6.07, 6.45) is -1.57. The van der Waals surface area contributed by atoms with Gasteiger partial charge in [-0.15, -0.1) is 0 Å². The summed E-state index contributed by atoms with van der Waals surface area (Å²) >= 11 is 0. The van der Waals surface area contributed by atoms with Crippen LogP contribution in [0.5, 0.6) is 0 Å². The number of aryl methyl sites for hydroxylation is 2. The fraction of sp³-hybridized carbons (Fsp3) is 0.333. The number of nitrogen functional groups attached to an aromatic ring is 1. The van der Waals surface area contributed by atoms with Crippen molar-refractivity contribution in [1.29, 1.82) is 0 Å². The van der Waals surface area contributed by atoms with Crippen LogP contribution < -0.4 is 11.1 Å². The molecule has 0 amide bonds. The minimum Gasteiger partial charge on any atom is -0.423 e. The van der Waals surface area contributed by atoms with Gasteiger partial charge < -0.3 is 15.5 Å². The van der Waals surface area contributed by atoms with Crippen molar-refractivity contribution in [2.75, 3.05) is 30.7 Å². The Labute approximate surface area is 221 Å². The van der Waals surface area contributed by atoms with Crippen LogP contribution in [0, 0.1) is 13.8 Å². The van der Waals surface area contributed by atoms with Gasteiger partial charge in [-0.2, -0.15) is 23.3 Å². The van der Waals surface area contributed by atoms with E-state index in [1.165, 1.54) is 11.2 Å². The van der Waals surface area contributed by atoms with Crippen LogP contribution in [0.25, 0.3) is 33.4 Å². The van der Waals surface area contributed by atoms with E-state index in [-0.39, 0.29) is 18.4 Å². The molecule has 0 aliphatic carbocycles. The maximum absolute atomic E-state index is 13.0. The van der Waals surface area contributed by atoms with E-state index in [0.717, 1.165) is 33.5 Å². The number of anilines is 3. The number of benzene rings is 2. The van der Waals surface area contributed by atoms with Gasteiger partial charge >= 0.3 is 6.18 Å². The summed E-state index contributed by atoms with van der Waals surface area (Å²) in [7, 11) is 0. The Balaban J connectivity index is 1.30. The Bertz CT molecular complexity index is 1660. The molecule has 12 heteroatoms. The van der Waals surface area contributed by atoms with Gasteiger partial charge in [-0.25, -0.2) is 14.6 Å². The fourth-order valence-corrected chi connectivity index (χ4v) is 5.35. The zero-order valence-corrected chi connectivity index (χ0v) is 21.5. The van der Waals surface area contributed by atoms with Crippen molar-refractivity contribution in [1.82, 2.24) is 29.6 Å². The van der Waals surface area contributed by atoms with E-state index in [0.29, 0.717) is 42.1 Å². The lowest BCUT2D eigenvalue weighted by atomic mass is 10.1. The molecule has 2 aromatic carbocycles. The van der Waals surface area contributed by atoms with E-state index in [9.17, 15) is 13.2 Å². The average molecular weight is 537 g/mol. The van der Waals surface area contributed by atoms with Crippen LogP contribution in [0.4, 0.5) is 30.7 Å². The summed E-state index contributed by atoms with van der Waals surface area (Å²) in [6, 6.07) is 11.7. The molecule has 202 valence electrons. The normalized spacial score (nSPS) is 16.8. The molecule has 0 saturated carbocycles. The number of likely N-dealkylation sites (tertiary alicyclic amines) is 1. The Morgan fingerprint density at radius 3 is 2.69 bits per heavy atom. The van der Waals surface area contributed by atoms with E-state index in [2.05, 4.69) is 20.3 Å². The number of oxazole rings is 1. The molecule has 0 radical (unpaired) electrons. The second-order valence-corrected chi connectivity index (χ2v) is 10.0. The molecule has 1 atom stereocenters. The second-order valence-electron chi connectivity index (χ2n) is 10.0. The first kappa shape index (κ1) is 25.1. The Morgan fingerprint density at radius 1 is 1.13 bits per heavy atom. The van der Waals surface area contributed by atoms with Crippen molar-refractivity contribution < 1.29 is 17.6 Å². The highest BCUT2D eigenvalue weighted by Gasteiger charge is 2.34. The Kier molecular flexibility index (Phi) is 6.13. The maximum atomic E-state index is 13.0. The molecule has 4 heterocycles. The van der Waals surface area contributed by atoms with Gasteiger partial charge in [-0.3, -0.25) is 4.90 Å². The number of nitrogens with two attached hydrogens (primary N) is 1. The minimum atomic E-state index is -4.25. The van der Waals surface area contributed by atoms with Crippen LogP contribution in [0.15, 0.2) is 47.1 Å². The van der Waals surface area contributed by atoms with Crippen molar-refractivity contribution in [3.05, 3.63) is 53.9 Å². The Morgan fingerprint density at radius 2 is 1.92 bits per heavy atom. The van der Waals surface area contributed by atoms with Crippen molar-refractivity contribution in [3.8, 4) is 11.3 Å². The van der Waals surface area contributed by atoms with Gasteiger partial charge in [-0.1, -0.05) is 18.2 Å². The summed E-state index contributed by atoms with van der Waals surface area (Å²) in [6.45, 7) is 3.68. The second kappa shape index (κ2) is 9.53. The van der Waals surface area contributed by atoms with Crippen LogP contribution in [0.2, 0.25) is 0 Å². The maximum Gasteiger partial charge on any atom is 0.401 e. The first-order valence-electron chi connectivity index (χ1n) is 12.7. The van der Waals surface area contributed by atoms with E-state index < -0.39 is 12.7 Å². The number of halogens is 3. The van der Waals surface area contributed by atoms with E-state index in [1.54, 1.807) is 4.68 Å². The lowest BCUT2D eigenvalue weighted by Crippen LogP contribution is -2.42. The SMILES string of the molecule is Cc1cc(C)c2oc(Nc3ccc(-c4nn([C@@H]5CCCN(CC(F)(F)F)C5)c5ncnc(N)c45)cc3)nc2c1. The monoisotopic (exact) mass is 536 g/mol. The van der Waals surface area contributed by atoms with Crippen molar-refractivity contribution in [3.63, 3.8) is 0 Å². The molecule has 0 bridgehead atoms. The third kappa shape index (κ3) is 4.99. The summed E-state index contributed by atoms with van der Waals surface area (Å²) < 4.78 is 46.7. The van der Waals surface area contributed by atoms with Crippen LogP contribution in [-0.2, 0) is 0 Å². The number of nitrogens with zero attached hydrogens (tertiary/aromatic N) is 6. The molecule has 6 rings (SSSR count). The summed E-state index contributed by atoms with van der Waals surface area (Å²) in [5.74, 6) is 0.267. The fourth-order valence-electron chi connectivity index (χ4n) is 5.35. The summed E-state index contributed by atoms with van der Waals surface area (Å²) in [5.41, 5.74) is 12.5. The van der Waals surface area contributed by atoms with Gasteiger partial charge in [0.2, 0.25) is 0 Å². The lowest BCUT2D eigenvalue weighted by Gasteiger charge is -2.33. The third-order valence-electron chi connectivity index (χ3n) is 6.98. The van der Waals surface area contributed by atoms with Gasteiger partial charge in [0.15, 0.2) is 11.2 Å². The van der Waals surface area contributed by atoms with E-state index >= 15 is 0 Å². The highest BCUT2D eigenvalue weighted by molar-refractivity contribution is 5.98. The predicted molar refractivity (Wildman–Crippen MR) is 143 cm³/mol. The van der Waals surface area contributed by atoms with Crippen molar-refractivity contribution >= 4 is 39.7 Å². The number of alkyl halides is 3. The van der Waals surface area contributed by atoms with Crippen LogP contribution in [0.1, 0.15) is 30.0 Å². The molecule has 39 heavy (non-hydrogen) atoms. The van der Waals surface area contributed by atoms with Crippen LogP contribution in [-0.4, -0.2) is 55.4 Å². The van der Waals surface area contributed by atoms with E-state index in [1.807, 2.05) is 50.2 Å². The zero-order chi connectivity index (χ0) is 27.3. The van der Waals surface area contributed by atoms with Gasteiger partial charge in [0.25, 0.3) is 6.01 Å². The van der Waals surface area contributed by atoms with Crippen LogP contribution in [0.3, 0.4) is 0 Å². The number of hydrogen-bond donors (Lipinski definition) is 2. The van der Waals surface area contributed by atoms with E-state index in [4.69, 9.17) is 15.2 Å². The molecule has 0 unspecified atom stereocenters. The predicted octanol–water partition coefficient (Wildman–Crippen LogP) is 5.78. The molecular formula is C27H27F3N8O. The first-order valence-corrected chi connectivity index (χ1v) is 12.7. The largest absolute Gasteiger partial charge is 0.423 e. The highest BCUT2D eigenvalue weighted by atomic mass is 19.4. The number of nitrogens with one attached hydrogen (secondary N) is 1. The molecule has 1 aliphatic heterocycles. The van der Waals surface area contributed by atoms with Gasteiger partial charge in [0, 0.05) is 17.8 Å². The average Bonchev–Trinajstić information content (AvgIpc) is 3.46. The molecule has 1 saturated heterocycles. The molecule has 0 spiro atoms. The number of fused-ring (bicyclic) bond motifs is 2. The topological polar surface area (TPSA) is 111 Å². The van der Waals surface area contributed by atoms with Gasteiger partial charge in [-0.05, 0) is 62.6 Å². The number of aromatic nitrogens is 5. The number of hydrogen-bond acceptors (Lipinski definition) is 8. The molecule has 9 nitrogen and oxygen atoms in total. The number of rotatable bonds is 5. The molecule has 3 aromatic heterocycles. The third-order valence-corrected chi connectivity index (χ3v) is 6.98. The van der Waals surface area contributed by atoms with Crippen molar-refractivity contribution in [2.45, 2.75) is 38.9 Å². The smallest absolute Gasteiger partial charge is 0.401 e. The van der Waals surface area contributed by atoms with Crippen molar-refractivity contribution in [2.24, 2.45) is 0 Å². The first-order chi connectivity index (χ1) is 18.6. The summed E-state index contributed by atoms with van der Waals surface area (Å²) in [5, 5.41) is 8.59. The quantitative estimate of drug-likeness (QED) is 0.291. The molecule has 3 N–H and O–H groups in total. The standard InChI is InChI=1S/C27H27F3N8O/c1-15-10-16(2)23-20(11-15)35-26(39-23)34-18-7-5-17(6-8-18)22-21-24(31)32-14-33-25(21)38(36-22)19-4-3-9-37(12-19)13-27(28,29)30/h5-8,10-11,14,19H,3-4,9,12-13H2,1-2H3,(H,34,35)(H2,31,32,33)/t19-/m1/s1. The number of piperidine rings is 1.